The van der Waals surface area contributed by atoms with Gasteiger partial charge in [0, 0.05) is 19.8 Å². The van der Waals surface area contributed by atoms with Gasteiger partial charge in [0.2, 0.25) is 0 Å². The summed E-state index contributed by atoms with van der Waals surface area (Å²) in [5.74, 6) is 0.626. The third-order valence-corrected chi connectivity index (χ3v) is 4.93. The number of allylic oxidation sites excluding steroid dienone is 2. The van der Waals surface area contributed by atoms with Gasteiger partial charge in [-0.05, 0) is 48.8 Å². The van der Waals surface area contributed by atoms with Gasteiger partial charge in [-0.25, -0.2) is 0 Å². The fourth-order valence-corrected chi connectivity index (χ4v) is 3.93. The van der Waals surface area contributed by atoms with Crippen molar-refractivity contribution in [2.45, 2.75) is 73.1 Å². The third-order valence-electron chi connectivity index (χ3n) is 4.93. The van der Waals surface area contributed by atoms with Gasteiger partial charge in [-0.3, -0.25) is 9.59 Å². The molecule has 3 heteroatoms. The summed E-state index contributed by atoms with van der Waals surface area (Å²) in [6.07, 6.45) is 4.95. The van der Waals surface area contributed by atoms with Gasteiger partial charge in [0.25, 0.3) is 0 Å². The van der Waals surface area contributed by atoms with Crippen molar-refractivity contribution in [2.24, 2.45) is 5.92 Å². The molecule has 3 nitrogen and oxygen atoms in total. The predicted octanol–water partition coefficient (Wildman–Crippen LogP) is 5.17. The van der Waals surface area contributed by atoms with Gasteiger partial charge < -0.3 is 4.74 Å². The maximum atomic E-state index is 13.0. The van der Waals surface area contributed by atoms with Crippen LogP contribution in [0.3, 0.4) is 0 Å². The Morgan fingerprint density at radius 3 is 2.20 bits per heavy atom. The molecule has 2 rings (SSSR count). The first kappa shape index (κ1) is 19.4. The van der Waals surface area contributed by atoms with E-state index in [1.807, 2.05) is 0 Å². The summed E-state index contributed by atoms with van der Waals surface area (Å²) in [7, 11) is 0. The Hall–Kier alpha value is -1.90. The molecule has 1 aromatic carbocycles. The second kappa shape index (κ2) is 8.46. The summed E-state index contributed by atoms with van der Waals surface area (Å²) in [4.78, 5) is 24.7. The van der Waals surface area contributed by atoms with E-state index in [1.54, 1.807) is 0 Å². The summed E-state index contributed by atoms with van der Waals surface area (Å²) in [6, 6.07) is 4.30. The van der Waals surface area contributed by atoms with Crippen LogP contribution in [0.4, 0.5) is 0 Å². The third kappa shape index (κ3) is 4.39. The topological polar surface area (TPSA) is 43.4 Å². The molecule has 0 N–H and O–H groups in total. The van der Waals surface area contributed by atoms with E-state index in [1.165, 1.54) is 23.6 Å². The first-order valence-electron chi connectivity index (χ1n) is 9.48. The molecule has 0 fully saturated rings. The molecule has 25 heavy (non-hydrogen) atoms. The van der Waals surface area contributed by atoms with E-state index in [0.29, 0.717) is 24.2 Å². The predicted molar refractivity (Wildman–Crippen MR) is 101 cm³/mol. The minimum Gasteiger partial charge on any atom is -0.430 e. The van der Waals surface area contributed by atoms with E-state index in [9.17, 15) is 9.59 Å². The van der Waals surface area contributed by atoms with E-state index in [2.05, 4.69) is 39.8 Å². The second-order valence-electron chi connectivity index (χ2n) is 7.04. The van der Waals surface area contributed by atoms with Crippen LogP contribution in [0.1, 0.15) is 75.6 Å². The number of Topliss-reactive ketones (excluding diaryl/α,β-unsaturated/α-hetero) is 1. The highest BCUT2D eigenvalue weighted by molar-refractivity contribution is 6.23. The van der Waals surface area contributed by atoms with E-state index < -0.39 is 0 Å². The van der Waals surface area contributed by atoms with Crippen LogP contribution in [0.25, 0.3) is 5.57 Å². The van der Waals surface area contributed by atoms with Crippen molar-refractivity contribution >= 4 is 17.3 Å². The number of ether oxygens (including phenoxy) is 1. The Kier molecular flexibility index (Phi) is 6.57. The lowest BCUT2D eigenvalue weighted by Gasteiger charge is -2.27. The van der Waals surface area contributed by atoms with Crippen molar-refractivity contribution in [1.82, 2.24) is 0 Å². The van der Waals surface area contributed by atoms with Gasteiger partial charge in [0.15, 0.2) is 5.78 Å². The Bertz CT molecular complexity index is 672. The maximum absolute atomic E-state index is 13.0. The standard InChI is InChI=1S/C22H30O3/c1-6-9-16-12-19(24)22(20(13-16)25-15(5)23)21-17(7-2)10-14(4)11-18(21)8-3/h10-11,16H,6-9,12-13H2,1-5H3. The van der Waals surface area contributed by atoms with E-state index in [-0.39, 0.29) is 17.7 Å². The van der Waals surface area contributed by atoms with Crippen LogP contribution in [-0.4, -0.2) is 11.8 Å². The molecule has 0 aromatic heterocycles. The zero-order chi connectivity index (χ0) is 18.6. The SMILES string of the molecule is CCCC1CC(=O)C(c2c(CC)cc(C)cc2CC)=C(OC(C)=O)C1. The second-order valence-corrected chi connectivity index (χ2v) is 7.04. The van der Waals surface area contributed by atoms with Crippen molar-refractivity contribution < 1.29 is 14.3 Å². The van der Waals surface area contributed by atoms with Crippen molar-refractivity contribution in [3.05, 3.63) is 40.1 Å². The molecule has 1 atom stereocenters. The Morgan fingerprint density at radius 2 is 1.72 bits per heavy atom. The highest BCUT2D eigenvalue weighted by Crippen LogP contribution is 2.39. The van der Waals surface area contributed by atoms with E-state index >= 15 is 0 Å². The molecular formula is C22H30O3. The highest BCUT2D eigenvalue weighted by atomic mass is 16.5. The normalized spacial score (nSPS) is 17.8. The molecule has 1 aliphatic carbocycles. The fraction of sp³-hybridized carbons (Fsp3) is 0.545. The lowest BCUT2D eigenvalue weighted by molar-refractivity contribution is -0.137. The Morgan fingerprint density at radius 1 is 1.12 bits per heavy atom. The largest absolute Gasteiger partial charge is 0.430 e. The first-order valence-corrected chi connectivity index (χ1v) is 9.48. The van der Waals surface area contributed by atoms with Crippen LogP contribution in [-0.2, 0) is 27.2 Å². The fourth-order valence-electron chi connectivity index (χ4n) is 3.93. The average Bonchev–Trinajstić information content (AvgIpc) is 2.54. The number of carbonyl (C=O) groups is 2. The Labute approximate surface area is 151 Å². The molecule has 0 amide bonds. The summed E-state index contributed by atoms with van der Waals surface area (Å²) in [5, 5.41) is 0. The smallest absolute Gasteiger partial charge is 0.307 e. The first-order chi connectivity index (χ1) is 11.9. The summed E-state index contributed by atoms with van der Waals surface area (Å²) in [5.41, 5.74) is 5.19. The Balaban J connectivity index is 2.66. The highest BCUT2D eigenvalue weighted by Gasteiger charge is 2.32. The minimum absolute atomic E-state index is 0.120. The molecular weight excluding hydrogens is 312 g/mol. The summed E-state index contributed by atoms with van der Waals surface area (Å²) in [6.45, 7) is 9.84. The number of hydrogen-bond acceptors (Lipinski definition) is 3. The maximum Gasteiger partial charge on any atom is 0.307 e. The van der Waals surface area contributed by atoms with Crippen LogP contribution in [0, 0.1) is 12.8 Å². The molecule has 1 aliphatic rings. The van der Waals surface area contributed by atoms with E-state index in [4.69, 9.17) is 4.74 Å². The molecule has 1 aromatic rings. The molecule has 0 radical (unpaired) electrons. The molecule has 0 saturated carbocycles. The van der Waals surface area contributed by atoms with Gasteiger partial charge in [-0.15, -0.1) is 0 Å². The summed E-state index contributed by atoms with van der Waals surface area (Å²) < 4.78 is 5.55. The molecule has 136 valence electrons. The van der Waals surface area contributed by atoms with Gasteiger partial charge in [0.1, 0.15) is 5.76 Å². The van der Waals surface area contributed by atoms with Gasteiger partial charge in [0.05, 0.1) is 5.57 Å². The zero-order valence-electron chi connectivity index (χ0n) is 16.2. The number of hydrogen-bond donors (Lipinski definition) is 0. The molecule has 1 unspecified atom stereocenters. The van der Waals surface area contributed by atoms with Crippen LogP contribution in [0.15, 0.2) is 17.9 Å². The molecule has 0 spiro atoms. The zero-order valence-corrected chi connectivity index (χ0v) is 16.2. The molecule has 0 bridgehead atoms. The number of carbonyl (C=O) groups excluding carboxylic acids is 2. The summed E-state index contributed by atoms with van der Waals surface area (Å²) >= 11 is 0. The van der Waals surface area contributed by atoms with Gasteiger partial charge in [-0.1, -0.05) is 44.9 Å². The van der Waals surface area contributed by atoms with Crippen molar-refractivity contribution in [2.75, 3.05) is 0 Å². The number of rotatable bonds is 6. The monoisotopic (exact) mass is 342 g/mol. The van der Waals surface area contributed by atoms with Crippen LogP contribution in [0.5, 0.6) is 0 Å². The average molecular weight is 342 g/mol. The van der Waals surface area contributed by atoms with Crippen molar-refractivity contribution in [3.8, 4) is 0 Å². The van der Waals surface area contributed by atoms with Crippen LogP contribution < -0.4 is 0 Å². The van der Waals surface area contributed by atoms with Crippen molar-refractivity contribution in [3.63, 3.8) is 0 Å². The number of ketones is 1. The van der Waals surface area contributed by atoms with E-state index in [0.717, 1.165) is 31.2 Å². The lowest BCUT2D eigenvalue weighted by Crippen LogP contribution is -2.22. The number of esters is 1. The van der Waals surface area contributed by atoms with Gasteiger partial charge >= 0.3 is 5.97 Å². The quantitative estimate of drug-likeness (QED) is 0.670. The lowest BCUT2D eigenvalue weighted by atomic mass is 9.78. The molecule has 0 saturated heterocycles. The van der Waals surface area contributed by atoms with Crippen LogP contribution in [0.2, 0.25) is 0 Å². The number of benzene rings is 1. The number of aryl methyl sites for hydroxylation is 3. The van der Waals surface area contributed by atoms with Crippen LogP contribution >= 0.6 is 0 Å². The van der Waals surface area contributed by atoms with Crippen molar-refractivity contribution in [1.29, 1.82) is 0 Å². The minimum atomic E-state index is -0.347. The molecule has 0 aliphatic heterocycles. The molecule has 0 heterocycles. The van der Waals surface area contributed by atoms with Gasteiger partial charge in [-0.2, -0.15) is 0 Å².